The van der Waals surface area contributed by atoms with Gasteiger partial charge in [0.15, 0.2) is 11.2 Å². The second-order valence-corrected chi connectivity index (χ2v) is 9.54. The van der Waals surface area contributed by atoms with Crippen LogP contribution in [0, 0.1) is 10.1 Å². The molecular formula is C28H31N7O6. The van der Waals surface area contributed by atoms with Crippen LogP contribution in [-0.2, 0) is 24.3 Å². The van der Waals surface area contributed by atoms with E-state index in [1.165, 1.54) is 29.2 Å². The maximum absolute atomic E-state index is 13.7. The number of nitrogens with zero attached hydrogens (tertiary/aromatic N) is 7. The Labute approximate surface area is 235 Å². The smallest absolute Gasteiger partial charge is 0.283 e. The monoisotopic (exact) mass is 561 g/mol. The van der Waals surface area contributed by atoms with Crippen LogP contribution in [-0.4, -0.2) is 68.1 Å². The number of methoxy groups -OCH3 is 1. The third-order valence-corrected chi connectivity index (χ3v) is 6.16. The summed E-state index contributed by atoms with van der Waals surface area (Å²) in [6.07, 6.45) is 1.55. The van der Waals surface area contributed by atoms with E-state index in [1.807, 2.05) is 24.3 Å². The number of aromatic nitrogens is 4. The first-order chi connectivity index (χ1) is 19.7. The van der Waals surface area contributed by atoms with Crippen LogP contribution in [0.25, 0.3) is 11.2 Å². The van der Waals surface area contributed by atoms with Crippen molar-refractivity contribution in [2.24, 2.45) is 4.99 Å². The van der Waals surface area contributed by atoms with Crippen molar-refractivity contribution < 1.29 is 19.5 Å². The first-order valence-corrected chi connectivity index (χ1v) is 12.8. The van der Waals surface area contributed by atoms with Gasteiger partial charge in [0.05, 0.1) is 43.0 Å². The molecule has 0 spiro atoms. The number of aliphatic hydroxyl groups excluding tert-OH is 1. The van der Waals surface area contributed by atoms with E-state index in [0.717, 1.165) is 11.1 Å². The Morgan fingerprint density at radius 2 is 1.80 bits per heavy atom. The Morgan fingerprint density at radius 1 is 1.12 bits per heavy atom. The van der Waals surface area contributed by atoms with Gasteiger partial charge in [-0.15, -0.1) is 0 Å². The van der Waals surface area contributed by atoms with Crippen molar-refractivity contribution in [1.29, 1.82) is 0 Å². The fourth-order valence-electron chi connectivity index (χ4n) is 4.00. The molecule has 214 valence electrons. The third-order valence-electron chi connectivity index (χ3n) is 6.16. The molecule has 4 aromatic rings. The molecule has 0 saturated heterocycles. The van der Waals surface area contributed by atoms with Gasteiger partial charge in [-0.2, -0.15) is 4.98 Å². The molecule has 1 N–H and O–H groups in total. The summed E-state index contributed by atoms with van der Waals surface area (Å²) < 4.78 is 12.6. The van der Waals surface area contributed by atoms with Crippen molar-refractivity contribution in [2.45, 2.75) is 38.7 Å². The summed E-state index contributed by atoms with van der Waals surface area (Å²) >= 11 is 0. The molecule has 2 heterocycles. The Balaban J connectivity index is 1.66. The van der Waals surface area contributed by atoms with E-state index in [4.69, 9.17) is 9.47 Å². The lowest BCUT2D eigenvalue weighted by atomic mass is 10.1. The maximum atomic E-state index is 13.7. The van der Waals surface area contributed by atoms with Crippen LogP contribution < -0.4 is 10.3 Å². The zero-order chi connectivity index (χ0) is 29.5. The molecule has 2 aromatic carbocycles. The highest BCUT2D eigenvalue weighted by Gasteiger charge is 2.23. The fraction of sp³-hybridized carbons (Fsp3) is 0.321. The molecule has 13 heteroatoms. The van der Waals surface area contributed by atoms with Crippen LogP contribution in [0.3, 0.4) is 0 Å². The number of aliphatic imine (C=N–C) groups is 1. The summed E-state index contributed by atoms with van der Waals surface area (Å²) in [6, 6.07) is 13.5. The minimum Gasteiger partial charge on any atom is -0.497 e. The summed E-state index contributed by atoms with van der Waals surface area (Å²) in [5.74, 6) is 0.857. The van der Waals surface area contributed by atoms with Crippen molar-refractivity contribution >= 4 is 29.1 Å². The van der Waals surface area contributed by atoms with Gasteiger partial charge >= 0.3 is 0 Å². The first-order valence-electron chi connectivity index (χ1n) is 12.8. The van der Waals surface area contributed by atoms with Gasteiger partial charge in [0.25, 0.3) is 11.2 Å². The van der Waals surface area contributed by atoms with Gasteiger partial charge in [0.2, 0.25) is 5.95 Å². The average molecular weight is 562 g/mol. The van der Waals surface area contributed by atoms with Crippen LogP contribution >= 0.6 is 0 Å². The van der Waals surface area contributed by atoms with Gasteiger partial charge in [-0.1, -0.05) is 24.3 Å². The van der Waals surface area contributed by atoms with Gasteiger partial charge in [-0.05, 0) is 36.6 Å². The Morgan fingerprint density at radius 3 is 2.41 bits per heavy atom. The van der Waals surface area contributed by atoms with E-state index >= 15 is 0 Å². The quantitative estimate of drug-likeness (QED) is 0.118. The Kier molecular flexibility index (Phi) is 9.32. The number of aryl methyl sites for hydroxylation is 1. The summed E-state index contributed by atoms with van der Waals surface area (Å²) in [4.78, 5) is 43.6. The predicted octanol–water partition coefficient (Wildman–Crippen LogP) is 3.21. The van der Waals surface area contributed by atoms with Crippen LogP contribution in [0.5, 0.6) is 5.75 Å². The summed E-state index contributed by atoms with van der Waals surface area (Å²) in [5.41, 5.74) is 1.58. The van der Waals surface area contributed by atoms with Crippen LogP contribution in [0.1, 0.15) is 29.8 Å². The molecule has 0 bridgehead atoms. The van der Waals surface area contributed by atoms with Crippen molar-refractivity contribution in [3.05, 3.63) is 92.0 Å². The second kappa shape index (κ2) is 13.1. The molecule has 0 aliphatic carbocycles. The lowest BCUT2D eigenvalue weighted by molar-refractivity contribution is -0.384. The molecule has 0 amide bonds. The SMILES string of the molecule is COc1ccc(CO[C@@H](c2cnc3nc(/N=C/N(C)C)n(CCc4ccc([N+](=O)[O-])cc4)c(=O)c3n2)[C@H](C)O)cc1. The fourth-order valence-corrected chi connectivity index (χ4v) is 4.00. The number of non-ortho nitro benzene ring substituents is 1. The van der Waals surface area contributed by atoms with Gasteiger partial charge < -0.3 is 19.5 Å². The van der Waals surface area contributed by atoms with E-state index < -0.39 is 22.7 Å². The molecule has 0 fully saturated rings. The molecule has 4 rings (SSSR count). The molecule has 0 aliphatic rings. The van der Waals surface area contributed by atoms with Crippen LogP contribution in [0.2, 0.25) is 0 Å². The molecule has 2 atom stereocenters. The van der Waals surface area contributed by atoms with E-state index in [1.54, 1.807) is 45.2 Å². The van der Waals surface area contributed by atoms with Crippen LogP contribution in [0.4, 0.5) is 11.6 Å². The topological polar surface area (TPSA) is 158 Å². The van der Waals surface area contributed by atoms with Crippen LogP contribution in [0.15, 0.2) is 64.5 Å². The molecule has 13 nitrogen and oxygen atoms in total. The predicted molar refractivity (Wildman–Crippen MR) is 152 cm³/mol. The molecular weight excluding hydrogens is 530 g/mol. The highest BCUT2D eigenvalue weighted by Crippen LogP contribution is 2.23. The molecule has 0 aliphatic heterocycles. The number of ether oxygens (including phenoxy) is 2. The van der Waals surface area contributed by atoms with Crippen molar-refractivity contribution in [2.75, 3.05) is 21.2 Å². The number of nitro benzene ring substituents is 1. The summed E-state index contributed by atoms with van der Waals surface area (Å²) in [6.45, 7) is 1.96. The molecule has 0 radical (unpaired) electrons. The molecule has 0 unspecified atom stereocenters. The average Bonchev–Trinajstić information content (AvgIpc) is 2.96. The largest absolute Gasteiger partial charge is 0.497 e. The van der Waals surface area contributed by atoms with Gasteiger partial charge in [0, 0.05) is 32.8 Å². The van der Waals surface area contributed by atoms with E-state index in [0.29, 0.717) is 12.2 Å². The highest BCUT2D eigenvalue weighted by molar-refractivity contribution is 5.70. The minimum absolute atomic E-state index is 0.00806. The second-order valence-electron chi connectivity index (χ2n) is 9.54. The number of rotatable bonds is 12. The number of benzene rings is 2. The third kappa shape index (κ3) is 7.26. The Bertz CT molecular complexity index is 1590. The van der Waals surface area contributed by atoms with Gasteiger partial charge in [-0.3, -0.25) is 19.5 Å². The lowest BCUT2D eigenvalue weighted by Crippen LogP contribution is -2.26. The summed E-state index contributed by atoms with van der Waals surface area (Å²) in [5, 5.41) is 21.5. The standard InChI is InChI=1S/C28H31N7O6/c1-18(36)25(41-16-20-7-11-22(40-4)12-8-20)23-15-29-26-24(31-23)27(37)34(28(32-26)30-17-33(2)3)14-13-19-5-9-21(10-6-19)35(38)39/h5-12,15,17-18,25,36H,13-14,16H2,1-4H3/b30-17+/t18-,25+/m0/s1. The number of fused-ring (bicyclic) bond motifs is 1. The molecule has 41 heavy (non-hydrogen) atoms. The Hall–Kier alpha value is -4.75. The van der Waals surface area contributed by atoms with Crippen molar-refractivity contribution in [1.82, 2.24) is 24.4 Å². The lowest BCUT2D eigenvalue weighted by Gasteiger charge is -2.20. The molecule has 0 saturated carbocycles. The van der Waals surface area contributed by atoms with Crippen molar-refractivity contribution in [3.8, 4) is 5.75 Å². The van der Waals surface area contributed by atoms with Crippen molar-refractivity contribution in [3.63, 3.8) is 0 Å². The normalized spacial score (nSPS) is 12.9. The number of nitro groups is 1. The first kappa shape index (κ1) is 29.2. The minimum atomic E-state index is -0.943. The zero-order valence-electron chi connectivity index (χ0n) is 23.2. The number of hydrogen-bond donors (Lipinski definition) is 1. The number of hydrogen-bond acceptors (Lipinski definition) is 10. The van der Waals surface area contributed by atoms with Gasteiger partial charge in [-0.25, -0.2) is 15.0 Å². The number of aliphatic hydroxyl groups is 1. The highest BCUT2D eigenvalue weighted by atomic mass is 16.6. The molecule has 2 aromatic heterocycles. The zero-order valence-corrected chi connectivity index (χ0v) is 23.2. The van der Waals surface area contributed by atoms with E-state index in [-0.39, 0.29) is 41.6 Å². The summed E-state index contributed by atoms with van der Waals surface area (Å²) in [7, 11) is 5.17. The van der Waals surface area contributed by atoms with E-state index in [2.05, 4.69) is 19.9 Å². The van der Waals surface area contributed by atoms with E-state index in [9.17, 15) is 20.0 Å². The van der Waals surface area contributed by atoms with Gasteiger partial charge in [0.1, 0.15) is 11.9 Å². The maximum Gasteiger partial charge on any atom is 0.283 e.